The van der Waals surface area contributed by atoms with Crippen molar-refractivity contribution in [2.75, 3.05) is 0 Å². The number of aryl methyl sites for hydroxylation is 1. The van der Waals surface area contributed by atoms with Gasteiger partial charge in [-0.3, -0.25) is 4.79 Å². The molecule has 0 aliphatic heterocycles. The number of rotatable bonds is 2. The zero-order valence-corrected chi connectivity index (χ0v) is 13.5. The lowest BCUT2D eigenvalue weighted by Gasteiger charge is -2.03. The first-order valence-corrected chi connectivity index (χ1v) is 7.53. The summed E-state index contributed by atoms with van der Waals surface area (Å²) in [6, 6.07) is 7.21. The number of carbonyl (C=O) groups is 1. The minimum absolute atomic E-state index is 0.0544. The molecule has 0 saturated heterocycles. The summed E-state index contributed by atoms with van der Waals surface area (Å²) >= 11 is 14.2. The van der Waals surface area contributed by atoms with Gasteiger partial charge in [0.05, 0.1) is 9.90 Å². The molecule has 2 rings (SSSR count). The Morgan fingerprint density at radius 1 is 1.29 bits per heavy atom. The molecular formula is C12H7Br2ClOS. The van der Waals surface area contributed by atoms with Crippen LogP contribution in [0.25, 0.3) is 0 Å². The highest BCUT2D eigenvalue weighted by Crippen LogP contribution is 2.31. The van der Waals surface area contributed by atoms with Crippen LogP contribution in [0.4, 0.5) is 0 Å². The molecule has 1 aromatic carbocycles. The summed E-state index contributed by atoms with van der Waals surface area (Å²) in [5.41, 5.74) is 0.517. The topological polar surface area (TPSA) is 17.1 Å². The second-order valence-electron chi connectivity index (χ2n) is 3.49. The van der Waals surface area contributed by atoms with Crippen molar-refractivity contribution < 1.29 is 4.79 Å². The minimum Gasteiger partial charge on any atom is -0.288 e. The van der Waals surface area contributed by atoms with Gasteiger partial charge in [-0.1, -0.05) is 27.5 Å². The van der Waals surface area contributed by atoms with Gasteiger partial charge in [-0.05, 0) is 47.1 Å². The summed E-state index contributed by atoms with van der Waals surface area (Å²) < 4.78 is 1.66. The molecule has 1 aromatic heterocycles. The Morgan fingerprint density at radius 3 is 2.59 bits per heavy atom. The van der Waals surface area contributed by atoms with Gasteiger partial charge in [0.1, 0.15) is 0 Å². The first kappa shape index (κ1) is 13.3. The van der Waals surface area contributed by atoms with Crippen molar-refractivity contribution in [3.8, 4) is 0 Å². The number of ketones is 1. The highest BCUT2D eigenvalue weighted by molar-refractivity contribution is 9.10. The molecule has 0 radical (unpaired) electrons. The molecule has 0 fully saturated rings. The second kappa shape index (κ2) is 5.22. The van der Waals surface area contributed by atoms with E-state index in [1.807, 2.05) is 19.1 Å². The van der Waals surface area contributed by atoms with Crippen LogP contribution < -0.4 is 0 Å². The maximum absolute atomic E-state index is 12.3. The molecule has 0 bridgehead atoms. The van der Waals surface area contributed by atoms with E-state index in [4.69, 9.17) is 11.6 Å². The van der Waals surface area contributed by atoms with Crippen LogP contribution in [0.1, 0.15) is 20.1 Å². The Kier molecular flexibility index (Phi) is 4.08. The summed E-state index contributed by atoms with van der Waals surface area (Å²) in [6.45, 7) is 1.97. The molecule has 0 unspecified atom stereocenters. The molecule has 0 spiro atoms. The van der Waals surface area contributed by atoms with Gasteiger partial charge < -0.3 is 0 Å². The SMILES string of the molecule is Cc1cc(Br)c(C(=O)c2cc(Br)ccc2Cl)s1. The molecule has 1 heterocycles. The van der Waals surface area contributed by atoms with E-state index in [0.717, 1.165) is 13.8 Å². The third-order valence-electron chi connectivity index (χ3n) is 2.19. The van der Waals surface area contributed by atoms with Crippen molar-refractivity contribution in [3.05, 3.63) is 53.6 Å². The predicted octanol–water partition coefficient (Wildman–Crippen LogP) is 5.47. The predicted molar refractivity (Wildman–Crippen MR) is 79.3 cm³/mol. The Labute approximate surface area is 125 Å². The molecule has 5 heteroatoms. The van der Waals surface area contributed by atoms with E-state index < -0.39 is 0 Å². The van der Waals surface area contributed by atoms with E-state index in [-0.39, 0.29) is 5.78 Å². The monoisotopic (exact) mass is 392 g/mol. The Morgan fingerprint density at radius 2 is 2.00 bits per heavy atom. The van der Waals surface area contributed by atoms with Crippen molar-refractivity contribution in [2.45, 2.75) is 6.92 Å². The zero-order valence-electron chi connectivity index (χ0n) is 8.76. The summed E-state index contributed by atoms with van der Waals surface area (Å²) in [5, 5.41) is 0.469. The van der Waals surface area contributed by atoms with E-state index in [1.54, 1.807) is 12.1 Å². The second-order valence-corrected chi connectivity index (χ2v) is 6.92. The Balaban J connectivity index is 2.50. The van der Waals surface area contributed by atoms with Crippen molar-refractivity contribution in [1.29, 1.82) is 0 Å². The molecule has 88 valence electrons. The highest BCUT2D eigenvalue weighted by atomic mass is 79.9. The van der Waals surface area contributed by atoms with Crippen LogP contribution >= 0.6 is 54.8 Å². The van der Waals surface area contributed by atoms with Crippen LogP contribution in [0.2, 0.25) is 5.02 Å². The van der Waals surface area contributed by atoms with Gasteiger partial charge in [-0.25, -0.2) is 0 Å². The lowest BCUT2D eigenvalue weighted by Crippen LogP contribution is -2.00. The fourth-order valence-corrected chi connectivity index (χ4v) is 3.77. The van der Waals surface area contributed by atoms with Crippen LogP contribution in [0.5, 0.6) is 0 Å². The van der Waals surface area contributed by atoms with Crippen LogP contribution in [0, 0.1) is 6.92 Å². The summed E-state index contributed by atoms with van der Waals surface area (Å²) in [4.78, 5) is 14.1. The van der Waals surface area contributed by atoms with Gasteiger partial charge in [0.25, 0.3) is 0 Å². The van der Waals surface area contributed by atoms with Gasteiger partial charge >= 0.3 is 0 Å². The number of hydrogen-bond acceptors (Lipinski definition) is 2. The van der Waals surface area contributed by atoms with Gasteiger partial charge in [-0.15, -0.1) is 11.3 Å². The molecule has 0 saturated carbocycles. The van der Waals surface area contributed by atoms with E-state index in [1.165, 1.54) is 11.3 Å². The number of thiophene rings is 1. The summed E-state index contributed by atoms with van der Waals surface area (Å²) in [5.74, 6) is -0.0544. The summed E-state index contributed by atoms with van der Waals surface area (Å²) in [6.07, 6.45) is 0. The molecule has 17 heavy (non-hydrogen) atoms. The lowest BCUT2D eigenvalue weighted by molar-refractivity contribution is 0.104. The number of halogens is 3. The molecular weight excluding hydrogens is 387 g/mol. The lowest BCUT2D eigenvalue weighted by atomic mass is 10.1. The molecule has 0 aliphatic rings. The number of carbonyl (C=O) groups excluding carboxylic acids is 1. The van der Waals surface area contributed by atoms with Crippen molar-refractivity contribution in [3.63, 3.8) is 0 Å². The van der Waals surface area contributed by atoms with Crippen LogP contribution in [0.15, 0.2) is 33.2 Å². The number of benzene rings is 1. The Bertz CT molecular complexity index is 592. The van der Waals surface area contributed by atoms with Crippen LogP contribution in [-0.4, -0.2) is 5.78 Å². The smallest absolute Gasteiger partial charge is 0.205 e. The van der Waals surface area contributed by atoms with Crippen molar-refractivity contribution >= 4 is 60.6 Å². The van der Waals surface area contributed by atoms with Gasteiger partial charge in [0, 0.05) is 19.4 Å². The molecule has 2 aromatic rings. The molecule has 0 amide bonds. The largest absolute Gasteiger partial charge is 0.288 e. The maximum Gasteiger partial charge on any atom is 0.205 e. The Hall–Kier alpha value is -0.160. The molecule has 0 atom stereocenters. The fourth-order valence-electron chi connectivity index (χ4n) is 1.43. The van der Waals surface area contributed by atoms with E-state index >= 15 is 0 Å². The molecule has 0 N–H and O–H groups in total. The van der Waals surface area contributed by atoms with E-state index in [9.17, 15) is 4.79 Å². The minimum atomic E-state index is -0.0544. The molecule has 1 nitrogen and oxygen atoms in total. The van der Waals surface area contributed by atoms with Gasteiger partial charge in [-0.2, -0.15) is 0 Å². The average molecular weight is 395 g/mol. The van der Waals surface area contributed by atoms with Crippen molar-refractivity contribution in [2.24, 2.45) is 0 Å². The zero-order chi connectivity index (χ0) is 12.6. The standard InChI is InChI=1S/C12H7Br2ClOS/c1-6-4-9(14)12(17-6)11(16)8-5-7(13)2-3-10(8)15/h2-5H,1H3. The van der Waals surface area contributed by atoms with Gasteiger partial charge in [0.2, 0.25) is 5.78 Å². The first-order chi connectivity index (χ1) is 7.99. The van der Waals surface area contributed by atoms with Crippen molar-refractivity contribution in [1.82, 2.24) is 0 Å². The molecule has 0 aliphatic carbocycles. The quantitative estimate of drug-likeness (QED) is 0.618. The highest BCUT2D eigenvalue weighted by Gasteiger charge is 2.18. The summed E-state index contributed by atoms with van der Waals surface area (Å²) in [7, 11) is 0. The first-order valence-electron chi connectivity index (χ1n) is 4.74. The third-order valence-corrected chi connectivity index (χ3v) is 4.95. The average Bonchev–Trinajstić information content (AvgIpc) is 2.60. The third kappa shape index (κ3) is 2.81. The normalized spacial score (nSPS) is 10.6. The van der Waals surface area contributed by atoms with E-state index in [0.29, 0.717) is 15.5 Å². The maximum atomic E-state index is 12.3. The number of hydrogen-bond donors (Lipinski definition) is 0. The fraction of sp³-hybridized carbons (Fsp3) is 0.0833. The van der Waals surface area contributed by atoms with Crippen LogP contribution in [-0.2, 0) is 0 Å². The van der Waals surface area contributed by atoms with Gasteiger partial charge in [0.15, 0.2) is 0 Å². The van der Waals surface area contributed by atoms with E-state index in [2.05, 4.69) is 31.9 Å². The van der Waals surface area contributed by atoms with Crippen LogP contribution in [0.3, 0.4) is 0 Å².